The molecular weight excluding hydrogens is 260 g/mol. The number of rotatable bonds is 3. The zero-order valence-corrected chi connectivity index (χ0v) is 13.9. The van der Waals surface area contributed by atoms with Crippen LogP contribution in [0.25, 0.3) is 0 Å². The zero-order chi connectivity index (χ0) is 15.0. The van der Waals surface area contributed by atoms with E-state index < -0.39 is 0 Å². The summed E-state index contributed by atoms with van der Waals surface area (Å²) in [5, 5.41) is 0. The Morgan fingerprint density at radius 3 is 2.76 bits per heavy atom. The Morgan fingerprint density at radius 2 is 2.05 bits per heavy atom. The van der Waals surface area contributed by atoms with Gasteiger partial charge in [-0.2, -0.15) is 0 Å². The molecule has 116 valence electrons. The maximum atomic E-state index is 4.83. The number of likely N-dealkylation sites (tertiary alicyclic amines) is 1. The molecule has 1 saturated heterocycles. The molecule has 2 aliphatic rings. The first-order valence-corrected chi connectivity index (χ1v) is 8.38. The molecule has 0 bridgehead atoms. The minimum atomic E-state index is 0.721. The van der Waals surface area contributed by atoms with Crippen LogP contribution in [0.4, 0.5) is 5.95 Å². The Morgan fingerprint density at radius 1 is 1.24 bits per heavy atom. The van der Waals surface area contributed by atoms with Crippen LogP contribution < -0.4 is 4.90 Å². The second-order valence-electron chi connectivity index (χ2n) is 6.84. The Kier molecular flexibility index (Phi) is 4.16. The summed E-state index contributed by atoms with van der Waals surface area (Å²) in [6, 6.07) is 0.721. The molecule has 2 heterocycles. The van der Waals surface area contributed by atoms with E-state index in [4.69, 9.17) is 9.97 Å². The van der Waals surface area contributed by atoms with E-state index in [2.05, 4.69) is 18.7 Å². The lowest BCUT2D eigenvalue weighted by Crippen LogP contribution is -2.49. The molecule has 1 aliphatic heterocycles. The predicted octanol–water partition coefficient (Wildman–Crippen LogP) is 2.44. The quantitative estimate of drug-likeness (QED) is 0.855. The lowest BCUT2D eigenvalue weighted by atomic mass is 9.76. The van der Waals surface area contributed by atoms with Gasteiger partial charge in [0.25, 0.3) is 0 Å². The monoisotopic (exact) mass is 288 g/mol. The van der Waals surface area contributed by atoms with Crippen LogP contribution in [0.5, 0.6) is 0 Å². The Balaban J connectivity index is 1.91. The van der Waals surface area contributed by atoms with E-state index in [9.17, 15) is 0 Å². The first-order valence-electron chi connectivity index (χ1n) is 8.38. The van der Waals surface area contributed by atoms with Gasteiger partial charge in [0.15, 0.2) is 0 Å². The van der Waals surface area contributed by atoms with Gasteiger partial charge in [-0.25, -0.2) is 9.97 Å². The van der Waals surface area contributed by atoms with Gasteiger partial charge >= 0.3 is 0 Å². The number of aromatic nitrogens is 2. The van der Waals surface area contributed by atoms with Crippen molar-refractivity contribution >= 4 is 5.95 Å². The van der Waals surface area contributed by atoms with E-state index >= 15 is 0 Å². The normalized spacial score (nSPS) is 25.3. The smallest absolute Gasteiger partial charge is 0.225 e. The average Bonchev–Trinajstić information content (AvgIpc) is 2.46. The van der Waals surface area contributed by atoms with Gasteiger partial charge in [0.2, 0.25) is 5.95 Å². The van der Waals surface area contributed by atoms with Crippen LogP contribution in [-0.2, 0) is 12.8 Å². The van der Waals surface area contributed by atoms with Crippen molar-refractivity contribution in [3.05, 3.63) is 17.0 Å². The summed E-state index contributed by atoms with van der Waals surface area (Å²) in [6.07, 6.45) is 6.26. The maximum absolute atomic E-state index is 4.83. The van der Waals surface area contributed by atoms with Crippen molar-refractivity contribution in [1.29, 1.82) is 0 Å². The molecule has 21 heavy (non-hydrogen) atoms. The van der Waals surface area contributed by atoms with Gasteiger partial charge in [-0.05, 0) is 63.6 Å². The van der Waals surface area contributed by atoms with Crippen LogP contribution in [0.15, 0.2) is 0 Å². The fourth-order valence-electron chi connectivity index (χ4n) is 4.04. The molecule has 0 amide bonds. The van der Waals surface area contributed by atoms with Crippen molar-refractivity contribution < 1.29 is 0 Å². The Labute approximate surface area is 128 Å². The van der Waals surface area contributed by atoms with Gasteiger partial charge < -0.3 is 4.90 Å². The fraction of sp³-hybridized carbons (Fsp3) is 0.765. The Hall–Kier alpha value is -1.16. The summed E-state index contributed by atoms with van der Waals surface area (Å²) in [7, 11) is 4.05. The van der Waals surface area contributed by atoms with Crippen molar-refractivity contribution in [1.82, 2.24) is 14.9 Å². The van der Waals surface area contributed by atoms with Crippen LogP contribution in [0.1, 0.15) is 43.1 Å². The van der Waals surface area contributed by atoms with Gasteiger partial charge in [0.1, 0.15) is 0 Å². The van der Waals surface area contributed by atoms with Crippen LogP contribution in [-0.4, -0.2) is 48.1 Å². The third kappa shape index (κ3) is 2.78. The highest BCUT2D eigenvalue weighted by atomic mass is 15.2. The summed E-state index contributed by atoms with van der Waals surface area (Å²) in [4.78, 5) is 14.3. The number of aryl methyl sites for hydroxylation is 1. The number of anilines is 1. The zero-order valence-electron chi connectivity index (χ0n) is 13.9. The number of piperidine rings is 1. The molecule has 1 aromatic rings. The van der Waals surface area contributed by atoms with Crippen LogP contribution in [0, 0.1) is 12.8 Å². The summed E-state index contributed by atoms with van der Waals surface area (Å²) in [6.45, 7) is 6.96. The summed E-state index contributed by atoms with van der Waals surface area (Å²) < 4.78 is 0. The predicted molar refractivity (Wildman–Crippen MR) is 86.9 cm³/mol. The third-order valence-corrected chi connectivity index (χ3v) is 5.10. The van der Waals surface area contributed by atoms with E-state index in [1.165, 1.54) is 49.3 Å². The topological polar surface area (TPSA) is 32.3 Å². The molecular formula is C17H28N4. The molecule has 0 spiro atoms. The van der Waals surface area contributed by atoms with Crippen molar-refractivity contribution in [2.75, 3.05) is 32.1 Å². The SMILES string of the molecule is CCCN1CCC[C@H]2Cc3nc(N(C)C)nc(C)c3CC21. The molecule has 0 aromatic carbocycles. The minimum Gasteiger partial charge on any atom is -0.347 e. The summed E-state index contributed by atoms with van der Waals surface area (Å²) in [5.41, 5.74) is 3.92. The number of hydrogen-bond donors (Lipinski definition) is 0. The highest BCUT2D eigenvalue weighted by Gasteiger charge is 2.36. The third-order valence-electron chi connectivity index (χ3n) is 5.10. The summed E-state index contributed by atoms with van der Waals surface area (Å²) >= 11 is 0. The van der Waals surface area contributed by atoms with E-state index in [0.29, 0.717) is 0 Å². The van der Waals surface area contributed by atoms with E-state index in [-0.39, 0.29) is 0 Å². The van der Waals surface area contributed by atoms with Gasteiger partial charge in [-0.1, -0.05) is 6.92 Å². The minimum absolute atomic E-state index is 0.721. The number of hydrogen-bond acceptors (Lipinski definition) is 4. The van der Waals surface area contributed by atoms with Crippen molar-refractivity contribution in [2.45, 2.75) is 52.0 Å². The molecule has 1 aliphatic carbocycles. The largest absolute Gasteiger partial charge is 0.347 e. The lowest BCUT2D eigenvalue weighted by molar-refractivity contribution is 0.0843. The standard InChI is InChI=1S/C17H28N4/c1-5-8-21-9-6-7-13-10-15-14(11-16(13)21)12(2)18-17(19-15)20(3)4/h13,16H,5-11H2,1-4H3/t13-,16?/m0/s1. The highest BCUT2D eigenvalue weighted by molar-refractivity contribution is 5.38. The van der Waals surface area contributed by atoms with Gasteiger partial charge in [0, 0.05) is 31.5 Å². The molecule has 1 unspecified atom stereocenters. The van der Waals surface area contributed by atoms with E-state index in [0.717, 1.165) is 30.7 Å². The van der Waals surface area contributed by atoms with E-state index in [1.807, 2.05) is 19.0 Å². The molecule has 4 nitrogen and oxygen atoms in total. The second-order valence-corrected chi connectivity index (χ2v) is 6.84. The van der Waals surface area contributed by atoms with Gasteiger partial charge in [0.05, 0.1) is 0 Å². The van der Waals surface area contributed by atoms with Gasteiger partial charge in [-0.15, -0.1) is 0 Å². The maximum Gasteiger partial charge on any atom is 0.225 e. The molecule has 1 fully saturated rings. The summed E-state index contributed by atoms with van der Waals surface area (Å²) in [5.74, 6) is 1.66. The molecule has 1 aromatic heterocycles. The van der Waals surface area contributed by atoms with Crippen LogP contribution in [0.3, 0.4) is 0 Å². The Bertz CT molecular complexity index is 510. The second kappa shape index (κ2) is 5.91. The fourth-order valence-corrected chi connectivity index (χ4v) is 4.04. The van der Waals surface area contributed by atoms with Crippen LogP contribution in [0.2, 0.25) is 0 Å². The first-order chi connectivity index (χ1) is 10.1. The molecule has 0 saturated carbocycles. The lowest BCUT2D eigenvalue weighted by Gasteiger charge is -2.44. The van der Waals surface area contributed by atoms with Crippen molar-refractivity contribution in [2.24, 2.45) is 5.92 Å². The molecule has 3 rings (SSSR count). The van der Waals surface area contributed by atoms with Crippen molar-refractivity contribution in [3.8, 4) is 0 Å². The van der Waals surface area contributed by atoms with Crippen molar-refractivity contribution in [3.63, 3.8) is 0 Å². The van der Waals surface area contributed by atoms with Crippen LogP contribution >= 0.6 is 0 Å². The molecule has 2 atom stereocenters. The van der Waals surface area contributed by atoms with E-state index in [1.54, 1.807) is 0 Å². The molecule has 0 N–H and O–H groups in total. The molecule has 0 radical (unpaired) electrons. The first kappa shape index (κ1) is 14.8. The molecule has 4 heteroatoms. The van der Waals surface area contributed by atoms with Gasteiger partial charge in [-0.3, -0.25) is 4.90 Å². The number of nitrogens with zero attached hydrogens (tertiary/aromatic N) is 4. The highest BCUT2D eigenvalue weighted by Crippen LogP contribution is 2.35. The average molecular weight is 288 g/mol. The number of fused-ring (bicyclic) bond motifs is 2.